The minimum Gasteiger partial charge on any atom is -0.468 e. The van der Waals surface area contributed by atoms with Crippen LogP contribution in [0.2, 0.25) is 0 Å². The van der Waals surface area contributed by atoms with Crippen molar-refractivity contribution >= 4 is 17.7 Å². The number of carbonyl (C=O) groups excluding carboxylic acids is 1. The molecule has 104 valence electrons. The van der Waals surface area contributed by atoms with Crippen molar-refractivity contribution in [1.29, 1.82) is 0 Å². The summed E-state index contributed by atoms with van der Waals surface area (Å²) in [6.07, 6.45) is 7.17. The maximum Gasteiger partial charge on any atom is 0.323 e. The molecule has 1 spiro atoms. The molecule has 0 aromatic heterocycles. The van der Waals surface area contributed by atoms with Gasteiger partial charge in [-0.25, -0.2) is 0 Å². The van der Waals surface area contributed by atoms with Crippen molar-refractivity contribution in [2.75, 3.05) is 19.5 Å². The van der Waals surface area contributed by atoms with E-state index in [-0.39, 0.29) is 11.6 Å². The Morgan fingerprint density at radius 2 is 2.28 bits per heavy atom. The topological polar surface area (TPSA) is 61.5 Å². The van der Waals surface area contributed by atoms with Gasteiger partial charge in [0.25, 0.3) is 0 Å². The first-order valence-electron chi connectivity index (χ1n) is 6.74. The minimum atomic E-state index is -0.498. The lowest BCUT2D eigenvalue weighted by Crippen LogP contribution is -2.40. The fourth-order valence-electron chi connectivity index (χ4n) is 2.95. The van der Waals surface area contributed by atoms with Crippen LogP contribution in [0.3, 0.4) is 0 Å². The molecule has 1 saturated heterocycles. The van der Waals surface area contributed by atoms with E-state index in [0.29, 0.717) is 11.0 Å². The van der Waals surface area contributed by atoms with E-state index >= 15 is 0 Å². The van der Waals surface area contributed by atoms with Gasteiger partial charge < -0.3 is 15.2 Å². The van der Waals surface area contributed by atoms with E-state index in [2.05, 4.69) is 4.74 Å². The Labute approximate surface area is 113 Å². The van der Waals surface area contributed by atoms with Crippen molar-refractivity contribution in [1.82, 2.24) is 0 Å². The summed E-state index contributed by atoms with van der Waals surface area (Å²) in [6.45, 7) is 0.852. The van der Waals surface area contributed by atoms with Gasteiger partial charge in [-0.15, -0.1) is 0 Å². The van der Waals surface area contributed by atoms with Gasteiger partial charge in [0.15, 0.2) is 0 Å². The normalized spacial score (nSPS) is 28.2. The summed E-state index contributed by atoms with van der Waals surface area (Å²) in [5.74, 6) is 0.332. The molecule has 2 atom stereocenters. The van der Waals surface area contributed by atoms with Gasteiger partial charge in [-0.05, 0) is 25.7 Å². The van der Waals surface area contributed by atoms with Gasteiger partial charge in [0, 0.05) is 17.6 Å². The van der Waals surface area contributed by atoms with Crippen LogP contribution >= 0.6 is 11.8 Å². The van der Waals surface area contributed by atoms with Gasteiger partial charge >= 0.3 is 5.97 Å². The van der Waals surface area contributed by atoms with Crippen molar-refractivity contribution in [2.24, 2.45) is 5.73 Å². The van der Waals surface area contributed by atoms with Crippen molar-refractivity contribution in [3.05, 3.63) is 0 Å². The molecule has 1 aliphatic heterocycles. The Morgan fingerprint density at radius 3 is 2.94 bits per heavy atom. The Kier molecular flexibility index (Phi) is 4.92. The quantitative estimate of drug-likeness (QED) is 0.790. The van der Waals surface area contributed by atoms with Crippen molar-refractivity contribution in [3.63, 3.8) is 0 Å². The van der Waals surface area contributed by atoms with E-state index in [0.717, 1.165) is 19.4 Å². The van der Waals surface area contributed by atoms with Crippen LogP contribution in [0.5, 0.6) is 0 Å². The third-order valence-electron chi connectivity index (χ3n) is 3.98. The Balaban J connectivity index is 1.77. The molecule has 1 aliphatic carbocycles. The van der Waals surface area contributed by atoms with E-state index in [9.17, 15) is 4.79 Å². The van der Waals surface area contributed by atoms with Crippen LogP contribution in [-0.4, -0.2) is 42.3 Å². The summed E-state index contributed by atoms with van der Waals surface area (Å²) < 4.78 is 10.6. The highest BCUT2D eigenvalue weighted by atomic mass is 32.2. The van der Waals surface area contributed by atoms with Crippen LogP contribution < -0.4 is 5.73 Å². The average Bonchev–Trinajstić information content (AvgIpc) is 2.83. The van der Waals surface area contributed by atoms with Crippen LogP contribution in [0.1, 0.15) is 38.5 Å². The molecule has 4 nitrogen and oxygen atoms in total. The predicted molar refractivity (Wildman–Crippen MR) is 72.6 cm³/mol. The van der Waals surface area contributed by atoms with E-state index in [1.165, 1.54) is 32.8 Å². The summed E-state index contributed by atoms with van der Waals surface area (Å²) in [4.78, 5) is 11.2. The molecule has 2 N–H and O–H groups in total. The maximum absolute atomic E-state index is 11.2. The fourth-order valence-corrected chi connectivity index (χ4v) is 4.25. The van der Waals surface area contributed by atoms with Gasteiger partial charge in [-0.3, -0.25) is 4.79 Å². The zero-order valence-electron chi connectivity index (χ0n) is 11.0. The molecular weight excluding hydrogens is 250 g/mol. The third kappa shape index (κ3) is 3.39. The number of thioether (sulfide) groups is 1. The molecule has 2 fully saturated rings. The highest BCUT2D eigenvalue weighted by Crippen LogP contribution is 2.42. The number of hydrogen-bond acceptors (Lipinski definition) is 5. The highest BCUT2D eigenvalue weighted by Gasteiger charge is 2.40. The largest absolute Gasteiger partial charge is 0.468 e. The SMILES string of the molecule is COC(=O)C(N)CSC1CCOC2(CCCC2)C1. The average molecular weight is 273 g/mol. The second-order valence-electron chi connectivity index (χ2n) is 5.32. The van der Waals surface area contributed by atoms with Crippen LogP contribution in [-0.2, 0) is 14.3 Å². The fraction of sp³-hybridized carbons (Fsp3) is 0.923. The Hall–Kier alpha value is -0.260. The Bertz CT molecular complexity index is 292. The molecule has 2 aliphatic rings. The number of rotatable bonds is 4. The van der Waals surface area contributed by atoms with Gasteiger partial charge in [0.1, 0.15) is 6.04 Å². The third-order valence-corrected chi connectivity index (χ3v) is 5.40. The zero-order chi connectivity index (χ0) is 13.0. The van der Waals surface area contributed by atoms with Crippen LogP contribution in [0.4, 0.5) is 0 Å². The van der Waals surface area contributed by atoms with Gasteiger partial charge in [-0.2, -0.15) is 11.8 Å². The Morgan fingerprint density at radius 1 is 1.56 bits per heavy atom. The molecule has 0 radical (unpaired) electrons. The number of esters is 1. The molecule has 0 bridgehead atoms. The first kappa shape index (κ1) is 14.2. The van der Waals surface area contributed by atoms with Crippen LogP contribution in [0, 0.1) is 0 Å². The summed E-state index contributed by atoms with van der Waals surface area (Å²) in [7, 11) is 1.38. The monoisotopic (exact) mass is 273 g/mol. The molecule has 0 aromatic carbocycles. The lowest BCUT2D eigenvalue weighted by Gasteiger charge is -2.38. The molecular formula is C13H23NO3S. The van der Waals surface area contributed by atoms with Crippen molar-refractivity contribution < 1.29 is 14.3 Å². The highest BCUT2D eigenvalue weighted by molar-refractivity contribution is 8.00. The molecule has 5 heteroatoms. The van der Waals surface area contributed by atoms with Crippen LogP contribution in [0.15, 0.2) is 0 Å². The van der Waals surface area contributed by atoms with E-state index in [1.807, 2.05) is 0 Å². The molecule has 0 aromatic rings. The number of nitrogens with two attached hydrogens (primary N) is 1. The summed E-state index contributed by atoms with van der Waals surface area (Å²) in [5.41, 5.74) is 5.91. The van der Waals surface area contributed by atoms with E-state index in [1.54, 1.807) is 11.8 Å². The lowest BCUT2D eigenvalue weighted by molar-refractivity contribution is -0.141. The second kappa shape index (κ2) is 6.26. The first-order chi connectivity index (χ1) is 8.65. The van der Waals surface area contributed by atoms with Crippen LogP contribution in [0.25, 0.3) is 0 Å². The smallest absolute Gasteiger partial charge is 0.323 e. The second-order valence-corrected chi connectivity index (χ2v) is 6.65. The van der Waals surface area contributed by atoms with Gasteiger partial charge in [0.05, 0.1) is 12.7 Å². The number of methoxy groups -OCH3 is 1. The lowest BCUT2D eigenvalue weighted by atomic mass is 9.92. The first-order valence-corrected chi connectivity index (χ1v) is 7.79. The van der Waals surface area contributed by atoms with E-state index in [4.69, 9.17) is 10.5 Å². The summed E-state index contributed by atoms with van der Waals surface area (Å²) in [6, 6.07) is -0.498. The number of carbonyl (C=O) groups is 1. The summed E-state index contributed by atoms with van der Waals surface area (Å²) >= 11 is 1.80. The van der Waals surface area contributed by atoms with E-state index < -0.39 is 6.04 Å². The van der Waals surface area contributed by atoms with Crippen molar-refractivity contribution in [2.45, 2.75) is 55.4 Å². The number of hydrogen-bond donors (Lipinski definition) is 1. The predicted octanol–water partition coefficient (Wildman–Crippen LogP) is 1.71. The van der Waals surface area contributed by atoms with Crippen molar-refractivity contribution in [3.8, 4) is 0 Å². The molecule has 2 rings (SSSR count). The van der Waals surface area contributed by atoms with Gasteiger partial charge in [-0.1, -0.05) is 12.8 Å². The maximum atomic E-state index is 11.2. The van der Waals surface area contributed by atoms with Gasteiger partial charge in [0.2, 0.25) is 0 Å². The summed E-state index contributed by atoms with van der Waals surface area (Å²) in [5, 5.41) is 0.576. The minimum absolute atomic E-state index is 0.144. The molecule has 2 unspecified atom stereocenters. The zero-order valence-corrected chi connectivity index (χ0v) is 11.8. The standard InChI is InChI=1S/C13H23NO3S/c1-16-12(15)11(14)9-18-10-4-7-17-13(8-10)5-2-3-6-13/h10-11H,2-9,14H2,1H3. The molecule has 1 saturated carbocycles. The molecule has 18 heavy (non-hydrogen) atoms. The number of ether oxygens (including phenoxy) is 2. The molecule has 1 heterocycles. The molecule has 0 amide bonds.